The number of aromatic nitrogens is 2. The van der Waals surface area contributed by atoms with Gasteiger partial charge in [-0.2, -0.15) is 4.98 Å². The fourth-order valence-corrected chi connectivity index (χ4v) is 3.84. The number of rotatable bonds is 6. The Labute approximate surface area is 178 Å². The van der Waals surface area contributed by atoms with E-state index in [0.29, 0.717) is 54.2 Å². The summed E-state index contributed by atoms with van der Waals surface area (Å²) in [5, 5.41) is 4.09. The van der Waals surface area contributed by atoms with Gasteiger partial charge in [-0.05, 0) is 35.9 Å². The molecule has 1 unspecified atom stereocenters. The first kappa shape index (κ1) is 19.2. The molecule has 9 nitrogen and oxygen atoms in total. The van der Waals surface area contributed by atoms with E-state index in [4.69, 9.17) is 23.5 Å². The van der Waals surface area contributed by atoms with Crippen LogP contribution in [0.3, 0.4) is 0 Å². The largest absolute Gasteiger partial charge is 0.493 e. The lowest BCUT2D eigenvalue weighted by atomic mass is 10.1. The van der Waals surface area contributed by atoms with E-state index in [1.54, 1.807) is 19.1 Å². The van der Waals surface area contributed by atoms with Gasteiger partial charge in [-0.3, -0.25) is 4.79 Å². The van der Waals surface area contributed by atoms with E-state index < -0.39 is 0 Å². The Hall–Kier alpha value is -3.75. The molecule has 5 rings (SSSR count). The summed E-state index contributed by atoms with van der Waals surface area (Å²) in [7, 11) is 3.18. The summed E-state index contributed by atoms with van der Waals surface area (Å²) >= 11 is 0. The summed E-state index contributed by atoms with van der Waals surface area (Å²) in [4.78, 5) is 18.9. The lowest BCUT2D eigenvalue weighted by Gasteiger charge is -2.17. The highest BCUT2D eigenvalue weighted by atomic mass is 16.7. The minimum absolute atomic E-state index is 0.0441. The van der Waals surface area contributed by atoms with Gasteiger partial charge < -0.3 is 28.4 Å². The summed E-state index contributed by atoms with van der Waals surface area (Å²) in [6.45, 7) is 1.19. The van der Waals surface area contributed by atoms with Crippen molar-refractivity contribution in [3.63, 3.8) is 0 Å². The summed E-state index contributed by atoms with van der Waals surface area (Å²) < 4.78 is 26.9. The molecule has 0 saturated carbocycles. The average Bonchev–Trinajstić information content (AvgIpc) is 3.53. The van der Waals surface area contributed by atoms with Crippen molar-refractivity contribution in [2.24, 2.45) is 0 Å². The van der Waals surface area contributed by atoms with Gasteiger partial charge in [-0.25, -0.2) is 0 Å². The SMILES string of the molecule is COc1ccc(CN2CC(c3nc(-c4ccc5c(c4)OCO5)no3)CC2=O)cc1OC. The number of likely N-dealkylation sites (tertiary alicyclic amines) is 1. The van der Waals surface area contributed by atoms with Gasteiger partial charge in [-0.15, -0.1) is 0 Å². The number of methoxy groups -OCH3 is 2. The zero-order valence-electron chi connectivity index (χ0n) is 17.2. The number of carbonyl (C=O) groups is 1. The second kappa shape index (κ2) is 7.82. The minimum atomic E-state index is -0.150. The van der Waals surface area contributed by atoms with E-state index in [9.17, 15) is 4.79 Å². The number of nitrogens with zero attached hydrogens (tertiary/aromatic N) is 3. The van der Waals surface area contributed by atoms with Crippen LogP contribution in [0.2, 0.25) is 0 Å². The highest BCUT2D eigenvalue weighted by molar-refractivity contribution is 5.79. The van der Waals surface area contributed by atoms with Crippen molar-refractivity contribution >= 4 is 5.91 Å². The van der Waals surface area contributed by atoms with E-state index in [2.05, 4.69) is 10.1 Å². The minimum Gasteiger partial charge on any atom is -0.493 e. The highest BCUT2D eigenvalue weighted by Gasteiger charge is 2.34. The molecule has 3 aromatic rings. The predicted octanol–water partition coefficient (Wildman–Crippen LogP) is 3.00. The number of amides is 1. The van der Waals surface area contributed by atoms with Crippen LogP contribution in [0.4, 0.5) is 0 Å². The van der Waals surface area contributed by atoms with Gasteiger partial charge in [0.1, 0.15) is 0 Å². The van der Waals surface area contributed by atoms with E-state index in [0.717, 1.165) is 11.1 Å². The molecule has 0 N–H and O–H groups in total. The first-order valence-electron chi connectivity index (χ1n) is 9.87. The topological polar surface area (TPSA) is 96.2 Å². The Morgan fingerprint density at radius 1 is 1.06 bits per heavy atom. The number of ether oxygens (including phenoxy) is 4. The molecular weight excluding hydrogens is 402 g/mol. The molecule has 160 valence electrons. The Bertz CT molecular complexity index is 1130. The van der Waals surface area contributed by atoms with Crippen LogP contribution in [0, 0.1) is 0 Å². The van der Waals surface area contributed by atoms with Gasteiger partial charge in [-0.1, -0.05) is 11.2 Å². The van der Waals surface area contributed by atoms with Crippen molar-refractivity contribution in [2.75, 3.05) is 27.6 Å². The van der Waals surface area contributed by atoms with E-state index >= 15 is 0 Å². The average molecular weight is 423 g/mol. The van der Waals surface area contributed by atoms with Crippen LogP contribution in [0.15, 0.2) is 40.9 Å². The second-order valence-corrected chi connectivity index (χ2v) is 7.39. The molecule has 1 saturated heterocycles. The molecule has 0 aliphatic carbocycles. The molecule has 1 aromatic heterocycles. The van der Waals surface area contributed by atoms with Gasteiger partial charge in [0.05, 0.1) is 20.1 Å². The van der Waals surface area contributed by atoms with Gasteiger partial charge in [0.25, 0.3) is 0 Å². The molecule has 2 aromatic carbocycles. The third-order valence-electron chi connectivity index (χ3n) is 5.46. The van der Waals surface area contributed by atoms with Crippen LogP contribution >= 0.6 is 0 Å². The lowest BCUT2D eigenvalue weighted by Crippen LogP contribution is -2.24. The molecule has 31 heavy (non-hydrogen) atoms. The Balaban J connectivity index is 1.29. The summed E-state index contributed by atoms with van der Waals surface area (Å²) in [6, 6.07) is 11.1. The molecule has 2 aliphatic heterocycles. The molecule has 0 spiro atoms. The zero-order chi connectivity index (χ0) is 21.4. The zero-order valence-corrected chi connectivity index (χ0v) is 17.2. The molecule has 2 aliphatic rings. The lowest BCUT2D eigenvalue weighted by molar-refractivity contribution is -0.128. The fourth-order valence-electron chi connectivity index (χ4n) is 3.84. The molecule has 1 amide bonds. The summed E-state index contributed by atoms with van der Waals surface area (Å²) in [6.07, 6.45) is 0.329. The molecule has 0 bridgehead atoms. The highest BCUT2D eigenvalue weighted by Crippen LogP contribution is 2.36. The summed E-state index contributed by atoms with van der Waals surface area (Å²) in [5.41, 5.74) is 1.73. The Kier molecular flexibility index (Phi) is 4.85. The van der Waals surface area contributed by atoms with Gasteiger partial charge in [0.2, 0.25) is 24.4 Å². The predicted molar refractivity (Wildman–Crippen MR) is 108 cm³/mol. The third-order valence-corrected chi connectivity index (χ3v) is 5.46. The normalized spacial score (nSPS) is 17.3. The third kappa shape index (κ3) is 3.63. The van der Waals surface area contributed by atoms with Gasteiger partial charge >= 0.3 is 0 Å². The second-order valence-electron chi connectivity index (χ2n) is 7.39. The molecule has 0 radical (unpaired) electrons. The van der Waals surface area contributed by atoms with Crippen LogP contribution in [0.25, 0.3) is 11.4 Å². The number of carbonyl (C=O) groups excluding carboxylic acids is 1. The molecule has 1 atom stereocenters. The van der Waals surface area contributed by atoms with Crippen molar-refractivity contribution in [1.82, 2.24) is 15.0 Å². The molecule has 3 heterocycles. The number of fused-ring (bicyclic) bond motifs is 1. The van der Waals surface area contributed by atoms with Crippen LogP contribution in [0.5, 0.6) is 23.0 Å². The van der Waals surface area contributed by atoms with Crippen molar-refractivity contribution < 1.29 is 28.3 Å². The van der Waals surface area contributed by atoms with Crippen LogP contribution in [-0.2, 0) is 11.3 Å². The van der Waals surface area contributed by atoms with Crippen molar-refractivity contribution in [1.29, 1.82) is 0 Å². The van der Waals surface area contributed by atoms with Crippen LogP contribution < -0.4 is 18.9 Å². The summed E-state index contributed by atoms with van der Waals surface area (Å²) in [5.74, 6) is 3.44. The number of hydrogen-bond acceptors (Lipinski definition) is 8. The van der Waals surface area contributed by atoms with Crippen LogP contribution in [0.1, 0.15) is 23.8 Å². The monoisotopic (exact) mass is 423 g/mol. The first-order valence-corrected chi connectivity index (χ1v) is 9.87. The first-order chi connectivity index (χ1) is 15.1. The molecule has 9 heteroatoms. The van der Waals surface area contributed by atoms with E-state index in [1.165, 1.54) is 0 Å². The quantitative estimate of drug-likeness (QED) is 0.597. The maximum absolute atomic E-state index is 12.6. The number of hydrogen-bond donors (Lipinski definition) is 0. The fraction of sp³-hybridized carbons (Fsp3) is 0.318. The smallest absolute Gasteiger partial charge is 0.232 e. The maximum Gasteiger partial charge on any atom is 0.232 e. The Morgan fingerprint density at radius 2 is 1.90 bits per heavy atom. The van der Waals surface area contributed by atoms with Crippen molar-refractivity contribution in [3.05, 3.63) is 47.9 Å². The Morgan fingerprint density at radius 3 is 2.74 bits per heavy atom. The molecular formula is C22H21N3O6. The van der Waals surface area contributed by atoms with Crippen LogP contribution in [-0.4, -0.2) is 48.5 Å². The van der Waals surface area contributed by atoms with Crippen molar-refractivity contribution in [3.8, 4) is 34.4 Å². The van der Waals surface area contributed by atoms with E-state index in [1.807, 2.05) is 36.4 Å². The number of benzene rings is 2. The standard InChI is InChI=1S/C22H21N3O6/c1-27-16-5-3-13(7-18(16)28-2)10-25-11-15(9-20(25)26)22-23-21(24-31-22)14-4-6-17-19(8-14)30-12-29-17/h3-8,15H,9-12H2,1-2H3. The van der Waals surface area contributed by atoms with Crippen molar-refractivity contribution in [2.45, 2.75) is 18.9 Å². The van der Waals surface area contributed by atoms with Gasteiger partial charge in [0, 0.05) is 25.1 Å². The molecule has 1 fully saturated rings. The maximum atomic E-state index is 12.6. The van der Waals surface area contributed by atoms with Gasteiger partial charge in [0.15, 0.2) is 23.0 Å². The van der Waals surface area contributed by atoms with E-state index in [-0.39, 0.29) is 18.6 Å².